The zero-order valence-electron chi connectivity index (χ0n) is 12.6. The first-order chi connectivity index (χ1) is 9.81. The number of amides is 1. The Kier molecular flexibility index (Phi) is 6.32. The molecule has 7 heteroatoms. The topological polar surface area (TPSA) is 101 Å². The molecule has 0 fully saturated rings. The van der Waals surface area contributed by atoms with Gasteiger partial charge in [0.2, 0.25) is 15.9 Å². The predicted octanol–water partition coefficient (Wildman–Crippen LogP) is 0.899. The van der Waals surface area contributed by atoms with Gasteiger partial charge in [-0.15, -0.1) is 0 Å². The quantitative estimate of drug-likeness (QED) is 0.696. The summed E-state index contributed by atoms with van der Waals surface area (Å²) >= 11 is 0. The fourth-order valence-corrected chi connectivity index (χ4v) is 2.63. The molecular formula is C14H23N3O3S. The Hall–Kier alpha value is -1.44. The molecule has 0 aromatic heterocycles. The lowest BCUT2D eigenvalue weighted by Gasteiger charge is -2.18. The number of rotatable bonds is 7. The Morgan fingerprint density at radius 3 is 2.33 bits per heavy atom. The van der Waals surface area contributed by atoms with Crippen molar-refractivity contribution in [3.8, 4) is 0 Å². The third kappa shape index (κ3) is 4.80. The van der Waals surface area contributed by atoms with Crippen molar-refractivity contribution in [1.82, 2.24) is 10.0 Å². The van der Waals surface area contributed by atoms with Crippen LogP contribution >= 0.6 is 0 Å². The van der Waals surface area contributed by atoms with E-state index >= 15 is 0 Å². The average Bonchev–Trinajstić information content (AvgIpc) is 2.47. The van der Waals surface area contributed by atoms with Crippen LogP contribution in [0.3, 0.4) is 0 Å². The van der Waals surface area contributed by atoms with Crippen LogP contribution in [0.4, 0.5) is 0 Å². The van der Waals surface area contributed by atoms with Crippen molar-refractivity contribution in [2.75, 3.05) is 7.05 Å². The molecule has 0 spiro atoms. The first-order valence-corrected chi connectivity index (χ1v) is 8.39. The molecule has 1 rings (SSSR count). The maximum atomic E-state index is 11.8. The first kappa shape index (κ1) is 17.6. The lowest BCUT2D eigenvalue weighted by molar-refractivity contribution is -0.123. The van der Waals surface area contributed by atoms with Crippen molar-refractivity contribution in [1.29, 1.82) is 0 Å². The fourth-order valence-electron chi connectivity index (χ4n) is 1.90. The molecule has 0 bridgehead atoms. The van der Waals surface area contributed by atoms with Gasteiger partial charge in [-0.3, -0.25) is 4.79 Å². The van der Waals surface area contributed by atoms with Gasteiger partial charge < -0.3 is 11.1 Å². The summed E-state index contributed by atoms with van der Waals surface area (Å²) in [7, 11) is -2.08. The van der Waals surface area contributed by atoms with Crippen LogP contribution in [0.5, 0.6) is 0 Å². The highest BCUT2D eigenvalue weighted by molar-refractivity contribution is 7.89. The Morgan fingerprint density at radius 2 is 1.86 bits per heavy atom. The van der Waals surface area contributed by atoms with E-state index in [1.165, 1.54) is 19.2 Å². The van der Waals surface area contributed by atoms with Crippen LogP contribution in [-0.4, -0.2) is 27.4 Å². The normalized spacial score (nSPS) is 14.5. The molecule has 21 heavy (non-hydrogen) atoms. The van der Waals surface area contributed by atoms with E-state index in [1.807, 2.05) is 13.8 Å². The van der Waals surface area contributed by atoms with E-state index in [-0.39, 0.29) is 16.8 Å². The summed E-state index contributed by atoms with van der Waals surface area (Å²) in [4.78, 5) is 12.0. The average molecular weight is 313 g/mol. The molecule has 118 valence electrons. The lowest BCUT2D eigenvalue weighted by Crippen LogP contribution is -2.41. The van der Waals surface area contributed by atoms with Crippen molar-refractivity contribution >= 4 is 15.9 Å². The summed E-state index contributed by atoms with van der Waals surface area (Å²) in [5.41, 5.74) is 6.58. The van der Waals surface area contributed by atoms with Crippen molar-refractivity contribution in [3.63, 3.8) is 0 Å². The van der Waals surface area contributed by atoms with Crippen LogP contribution < -0.4 is 15.8 Å². The monoisotopic (exact) mass is 313 g/mol. The minimum atomic E-state index is -3.44. The van der Waals surface area contributed by atoms with Gasteiger partial charge in [-0.25, -0.2) is 13.1 Å². The highest BCUT2D eigenvalue weighted by Crippen LogP contribution is 2.16. The highest BCUT2D eigenvalue weighted by atomic mass is 32.2. The van der Waals surface area contributed by atoms with E-state index < -0.39 is 16.1 Å². The molecule has 2 atom stereocenters. The number of hydrogen-bond acceptors (Lipinski definition) is 4. The third-order valence-corrected chi connectivity index (χ3v) is 4.68. The molecule has 0 heterocycles. The summed E-state index contributed by atoms with van der Waals surface area (Å²) in [6, 6.07) is 5.64. The smallest absolute Gasteiger partial charge is 0.240 e. The predicted molar refractivity (Wildman–Crippen MR) is 82.1 cm³/mol. The van der Waals surface area contributed by atoms with Gasteiger partial charge in [0, 0.05) is 0 Å². The maximum Gasteiger partial charge on any atom is 0.240 e. The van der Waals surface area contributed by atoms with E-state index in [2.05, 4.69) is 10.0 Å². The summed E-state index contributed by atoms with van der Waals surface area (Å²) in [6.45, 7) is 3.80. The van der Waals surface area contributed by atoms with Gasteiger partial charge in [-0.05, 0) is 38.1 Å². The van der Waals surface area contributed by atoms with Gasteiger partial charge in [0.15, 0.2) is 0 Å². The Balaban J connectivity index is 2.76. The number of carbonyl (C=O) groups is 1. The minimum absolute atomic E-state index is 0.190. The summed E-state index contributed by atoms with van der Waals surface area (Å²) < 4.78 is 25.5. The zero-order chi connectivity index (χ0) is 16.0. The molecule has 1 amide bonds. The molecule has 0 aliphatic heterocycles. The molecule has 0 radical (unpaired) electrons. The van der Waals surface area contributed by atoms with Crippen molar-refractivity contribution < 1.29 is 13.2 Å². The van der Waals surface area contributed by atoms with E-state index in [4.69, 9.17) is 5.73 Å². The Labute approximate surface area is 126 Å². The van der Waals surface area contributed by atoms with Crippen molar-refractivity contribution in [3.05, 3.63) is 29.8 Å². The number of benzene rings is 1. The molecule has 0 aliphatic carbocycles. The molecule has 0 aliphatic rings. The molecule has 1 aromatic carbocycles. The summed E-state index contributed by atoms with van der Waals surface area (Å²) in [5, 5.41) is 2.82. The molecular weight excluding hydrogens is 290 g/mol. The molecule has 6 nitrogen and oxygen atoms in total. The largest absolute Gasteiger partial charge is 0.348 e. The second kappa shape index (κ2) is 7.53. The minimum Gasteiger partial charge on any atom is -0.348 e. The zero-order valence-corrected chi connectivity index (χ0v) is 13.4. The summed E-state index contributed by atoms with van der Waals surface area (Å²) in [5.74, 6) is -0.198. The lowest BCUT2D eigenvalue weighted by atomic mass is 10.1. The number of nitrogens with two attached hydrogens (primary N) is 1. The summed E-state index contributed by atoms with van der Waals surface area (Å²) in [6.07, 6.45) is 1.48. The second-order valence-electron chi connectivity index (χ2n) is 4.90. The maximum absolute atomic E-state index is 11.8. The first-order valence-electron chi connectivity index (χ1n) is 6.91. The molecule has 4 N–H and O–H groups in total. The van der Waals surface area contributed by atoms with Gasteiger partial charge in [0.05, 0.1) is 17.0 Å². The number of sulfonamides is 1. The molecule has 0 saturated carbocycles. The van der Waals surface area contributed by atoms with Gasteiger partial charge >= 0.3 is 0 Å². The van der Waals surface area contributed by atoms with Gasteiger partial charge in [0.1, 0.15) is 0 Å². The molecule has 0 saturated heterocycles. The van der Waals surface area contributed by atoms with Crippen LogP contribution in [0.15, 0.2) is 29.2 Å². The van der Waals surface area contributed by atoms with Gasteiger partial charge in [0.25, 0.3) is 0 Å². The molecule has 2 unspecified atom stereocenters. The SMILES string of the molecule is CCCC(N)C(=O)NC(C)c1ccc(S(=O)(=O)NC)cc1. The Bertz CT molecular complexity index is 570. The third-order valence-electron chi connectivity index (χ3n) is 3.25. The Morgan fingerprint density at radius 1 is 1.29 bits per heavy atom. The van der Waals surface area contributed by atoms with E-state index in [0.29, 0.717) is 6.42 Å². The number of carbonyl (C=O) groups excluding carboxylic acids is 1. The second-order valence-corrected chi connectivity index (χ2v) is 6.79. The van der Waals surface area contributed by atoms with Gasteiger partial charge in [-0.1, -0.05) is 25.5 Å². The van der Waals surface area contributed by atoms with E-state index in [9.17, 15) is 13.2 Å². The van der Waals surface area contributed by atoms with Crippen LogP contribution in [0.1, 0.15) is 38.3 Å². The van der Waals surface area contributed by atoms with E-state index in [1.54, 1.807) is 12.1 Å². The van der Waals surface area contributed by atoms with Crippen LogP contribution in [0.25, 0.3) is 0 Å². The van der Waals surface area contributed by atoms with Gasteiger partial charge in [-0.2, -0.15) is 0 Å². The van der Waals surface area contributed by atoms with E-state index in [0.717, 1.165) is 12.0 Å². The highest BCUT2D eigenvalue weighted by Gasteiger charge is 2.17. The fraction of sp³-hybridized carbons (Fsp3) is 0.500. The molecule has 1 aromatic rings. The van der Waals surface area contributed by atoms with Crippen LogP contribution in [0, 0.1) is 0 Å². The van der Waals surface area contributed by atoms with Crippen LogP contribution in [-0.2, 0) is 14.8 Å². The number of hydrogen-bond donors (Lipinski definition) is 3. The van der Waals surface area contributed by atoms with Crippen molar-refractivity contribution in [2.45, 2.75) is 43.7 Å². The van der Waals surface area contributed by atoms with Crippen LogP contribution in [0.2, 0.25) is 0 Å². The standard InChI is InChI=1S/C14H23N3O3S/c1-4-5-13(15)14(18)17-10(2)11-6-8-12(9-7-11)21(19,20)16-3/h6-10,13,16H,4-5,15H2,1-3H3,(H,17,18). The van der Waals surface area contributed by atoms with Crippen molar-refractivity contribution in [2.24, 2.45) is 5.73 Å². The number of nitrogens with one attached hydrogen (secondary N) is 2.